The van der Waals surface area contributed by atoms with Gasteiger partial charge in [0.15, 0.2) is 0 Å². The first-order chi connectivity index (χ1) is 10.2. The van der Waals surface area contributed by atoms with Crippen molar-refractivity contribution in [3.05, 3.63) is 29.8 Å². The first-order valence-corrected chi connectivity index (χ1v) is 8.46. The summed E-state index contributed by atoms with van der Waals surface area (Å²) in [5, 5.41) is 5.60. The van der Waals surface area contributed by atoms with Gasteiger partial charge in [-0.25, -0.2) is 0 Å². The number of halogens is 1. The van der Waals surface area contributed by atoms with E-state index in [1.54, 1.807) is 0 Å². The minimum absolute atomic E-state index is 0.0902. The number of hydrogen-bond acceptors (Lipinski definition) is 2. The molecule has 1 aromatic carbocycles. The molecule has 1 atom stereocenters. The molecule has 2 N–H and O–H groups in total. The Bertz CT molecular complexity index is 506. The number of benzene rings is 1. The number of anilines is 1. The molecule has 22 heavy (non-hydrogen) atoms. The van der Waals surface area contributed by atoms with Crippen molar-refractivity contribution in [2.45, 2.75) is 45.4 Å². The van der Waals surface area contributed by atoms with Crippen LogP contribution >= 0.6 is 15.9 Å². The lowest BCUT2D eigenvalue weighted by Gasteiger charge is -2.24. The van der Waals surface area contributed by atoms with Crippen molar-refractivity contribution in [1.29, 1.82) is 0 Å². The highest BCUT2D eigenvalue weighted by Crippen LogP contribution is 2.25. The standard InChI is InChI=1S/C17H25BrN2O2/c1-5-12-6-8-13(9-7-12)20-14(21)10-11-19-16(22)15(18)17(2,3)4/h6-9,15H,5,10-11H2,1-4H3,(H,19,22)(H,20,21)/t15-/m0/s1. The molecule has 0 bridgehead atoms. The minimum Gasteiger partial charge on any atom is -0.355 e. The van der Waals surface area contributed by atoms with Crippen LogP contribution in [0.25, 0.3) is 0 Å². The van der Waals surface area contributed by atoms with Crippen molar-refractivity contribution in [1.82, 2.24) is 5.32 Å². The first-order valence-electron chi connectivity index (χ1n) is 7.54. The van der Waals surface area contributed by atoms with Gasteiger partial charge in [-0.3, -0.25) is 9.59 Å². The van der Waals surface area contributed by atoms with Crippen molar-refractivity contribution in [3.8, 4) is 0 Å². The number of carbonyl (C=O) groups is 2. The van der Waals surface area contributed by atoms with Crippen LogP contribution in [0.3, 0.4) is 0 Å². The zero-order valence-corrected chi connectivity index (χ0v) is 15.3. The topological polar surface area (TPSA) is 58.2 Å². The highest BCUT2D eigenvalue weighted by atomic mass is 79.9. The van der Waals surface area contributed by atoms with E-state index in [2.05, 4.69) is 33.5 Å². The van der Waals surface area contributed by atoms with Gasteiger partial charge in [0.05, 0.1) is 4.83 Å². The van der Waals surface area contributed by atoms with E-state index in [0.29, 0.717) is 6.54 Å². The third kappa shape index (κ3) is 6.18. The van der Waals surface area contributed by atoms with E-state index in [0.717, 1.165) is 12.1 Å². The average molecular weight is 369 g/mol. The molecule has 0 saturated heterocycles. The number of amides is 2. The quantitative estimate of drug-likeness (QED) is 0.754. The van der Waals surface area contributed by atoms with Gasteiger partial charge >= 0.3 is 0 Å². The van der Waals surface area contributed by atoms with Gasteiger partial charge in [-0.1, -0.05) is 55.8 Å². The van der Waals surface area contributed by atoms with E-state index >= 15 is 0 Å². The van der Waals surface area contributed by atoms with Crippen LogP contribution in [0.2, 0.25) is 0 Å². The van der Waals surface area contributed by atoms with Gasteiger partial charge in [-0.15, -0.1) is 0 Å². The van der Waals surface area contributed by atoms with Crippen molar-refractivity contribution in [2.75, 3.05) is 11.9 Å². The highest BCUT2D eigenvalue weighted by molar-refractivity contribution is 9.10. The normalized spacial score (nSPS) is 12.6. The number of nitrogens with one attached hydrogen (secondary N) is 2. The van der Waals surface area contributed by atoms with Gasteiger partial charge in [0.1, 0.15) is 0 Å². The van der Waals surface area contributed by atoms with Crippen molar-refractivity contribution < 1.29 is 9.59 Å². The van der Waals surface area contributed by atoms with Crippen LogP contribution in [0, 0.1) is 5.41 Å². The molecule has 0 fully saturated rings. The largest absolute Gasteiger partial charge is 0.355 e. The van der Waals surface area contributed by atoms with E-state index in [-0.39, 0.29) is 28.5 Å². The fourth-order valence-electron chi connectivity index (χ4n) is 1.83. The summed E-state index contributed by atoms with van der Waals surface area (Å²) in [4.78, 5) is 23.5. The van der Waals surface area contributed by atoms with Crippen LogP contribution in [-0.4, -0.2) is 23.2 Å². The van der Waals surface area contributed by atoms with Gasteiger partial charge in [-0.2, -0.15) is 0 Å². The van der Waals surface area contributed by atoms with Crippen LogP contribution < -0.4 is 10.6 Å². The Morgan fingerprint density at radius 2 is 1.77 bits per heavy atom. The summed E-state index contributed by atoms with van der Waals surface area (Å²) in [6, 6.07) is 7.78. The smallest absolute Gasteiger partial charge is 0.234 e. The number of aryl methyl sites for hydroxylation is 1. The van der Waals surface area contributed by atoms with Crippen LogP contribution in [0.15, 0.2) is 24.3 Å². The van der Waals surface area contributed by atoms with E-state index in [1.807, 2.05) is 45.0 Å². The van der Waals surface area contributed by atoms with Gasteiger partial charge in [0, 0.05) is 18.7 Å². The maximum atomic E-state index is 11.9. The second-order valence-electron chi connectivity index (χ2n) is 6.37. The van der Waals surface area contributed by atoms with Crippen molar-refractivity contribution in [3.63, 3.8) is 0 Å². The summed E-state index contributed by atoms with van der Waals surface area (Å²) in [5.74, 6) is -0.195. The molecule has 0 aliphatic carbocycles. The van der Waals surface area contributed by atoms with Gasteiger partial charge < -0.3 is 10.6 Å². The Kier molecular flexibility index (Phi) is 7.07. The first kappa shape index (κ1) is 18.7. The van der Waals surface area contributed by atoms with E-state index in [9.17, 15) is 9.59 Å². The molecule has 5 heteroatoms. The molecule has 0 unspecified atom stereocenters. The Balaban J connectivity index is 2.35. The molecule has 1 rings (SSSR count). The molecule has 0 aromatic heterocycles. The molecule has 0 aliphatic heterocycles. The predicted octanol–water partition coefficient (Wildman–Crippen LogP) is 3.50. The summed E-state index contributed by atoms with van der Waals surface area (Å²) in [6.07, 6.45) is 1.23. The van der Waals surface area contributed by atoms with Crippen LogP contribution in [-0.2, 0) is 16.0 Å². The van der Waals surface area contributed by atoms with Crippen molar-refractivity contribution >= 4 is 33.4 Å². The molecule has 0 aliphatic rings. The lowest BCUT2D eigenvalue weighted by atomic mass is 9.92. The summed E-state index contributed by atoms with van der Waals surface area (Å²) < 4.78 is 0. The van der Waals surface area contributed by atoms with Gasteiger partial charge in [0.25, 0.3) is 0 Å². The molecular formula is C17H25BrN2O2. The highest BCUT2D eigenvalue weighted by Gasteiger charge is 2.28. The van der Waals surface area contributed by atoms with Crippen molar-refractivity contribution in [2.24, 2.45) is 5.41 Å². The van der Waals surface area contributed by atoms with E-state index in [1.165, 1.54) is 5.56 Å². The number of alkyl halides is 1. The molecule has 2 amide bonds. The maximum Gasteiger partial charge on any atom is 0.234 e. The lowest BCUT2D eigenvalue weighted by molar-refractivity contribution is -0.122. The Labute approximate surface area is 141 Å². The number of hydrogen-bond donors (Lipinski definition) is 2. The minimum atomic E-state index is -0.273. The molecule has 0 heterocycles. The number of carbonyl (C=O) groups excluding carboxylic acids is 2. The third-order valence-electron chi connectivity index (χ3n) is 3.29. The summed E-state index contributed by atoms with van der Waals surface area (Å²) in [5.41, 5.74) is 1.85. The molecule has 1 aromatic rings. The SMILES string of the molecule is CCc1ccc(NC(=O)CCNC(=O)[C@H](Br)C(C)(C)C)cc1. The maximum absolute atomic E-state index is 11.9. The molecule has 4 nitrogen and oxygen atoms in total. The van der Waals surface area contributed by atoms with Crippen LogP contribution in [0.5, 0.6) is 0 Å². The Morgan fingerprint density at radius 3 is 2.27 bits per heavy atom. The molecule has 0 spiro atoms. The zero-order chi connectivity index (χ0) is 16.8. The zero-order valence-electron chi connectivity index (χ0n) is 13.7. The fraction of sp³-hybridized carbons (Fsp3) is 0.529. The summed E-state index contributed by atoms with van der Waals surface area (Å²) in [7, 11) is 0. The fourth-order valence-corrected chi connectivity index (χ4v) is 1.99. The van der Waals surface area contributed by atoms with E-state index < -0.39 is 0 Å². The molecule has 0 radical (unpaired) electrons. The van der Waals surface area contributed by atoms with E-state index in [4.69, 9.17) is 0 Å². The Hall–Kier alpha value is -1.36. The summed E-state index contributed by atoms with van der Waals surface area (Å²) >= 11 is 3.39. The average Bonchev–Trinajstić information content (AvgIpc) is 2.46. The molecule has 122 valence electrons. The summed E-state index contributed by atoms with van der Waals surface area (Å²) in [6.45, 7) is 8.37. The Morgan fingerprint density at radius 1 is 1.18 bits per heavy atom. The molecule has 0 saturated carbocycles. The predicted molar refractivity (Wildman–Crippen MR) is 94.2 cm³/mol. The monoisotopic (exact) mass is 368 g/mol. The van der Waals surface area contributed by atoms with Crippen LogP contribution in [0.1, 0.15) is 39.7 Å². The third-order valence-corrected chi connectivity index (χ3v) is 5.08. The number of rotatable bonds is 6. The van der Waals surface area contributed by atoms with Crippen LogP contribution in [0.4, 0.5) is 5.69 Å². The van der Waals surface area contributed by atoms with Gasteiger partial charge in [-0.05, 0) is 29.5 Å². The lowest BCUT2D eigenvalue weighted by Crippen LogP contribution is -2.39. The second-order valence-corrected chi connectivity index (χ2v) is 7.28. The van der Waals surface area contributed by atoms with Gasteiger partial charge in [0.2, 0.25) is 11.8 Å². The second kappa shape index (κ2) is 8.32. The molecular weight excluding hydrogens is 344 g/mol.